The van der Waals surface area contributed by atoms with Gasteiger partial charge in [-0.1, -0.05) is 29.8 Å². The molecule has 0 aliphatic rings. The van der Waals surface area contributed by atoms with E-state index < -0.39 is 5.41 Å². The molecule has 1 aromatic carbocycles. The van der Waals surface area contributed by atoms with Gasteiger partial charge in [0.1, 0.15) is 0 Å². The molecule has 0 spiro atoms. The molecule has 1 aromatic rings. The first-order valence-corrected chi connectivity index (χ1v) is 5.94. The normalized spacial score (nSPS) is 13.2. The minimum absolute atomic E-state index is 0.00555. The quantitative estimate of drug-likeness (QED) is 0.838. The van der Waals surface area contributed by atoms with E-state index in [1.54, 1.807) is 0 Å². The molecule has 0 bridgehead atoms. The number of carbonyl (C=O) groups is 1. The highest BCUT2D eigenvalue weighted by Gasteiger charge is 2.26. The third kappa shape index (κ3) is 3.56. The Balaban J connectivity index is 2.73. The maximum atomic E-state index is 12.0. The smallest absolute Gasteiger partial charge is 0.227 e. The molecule has 3 nitrogen and oxygen atoms in total. The molecule has 0 aliphatic heterocycles. The topological polar surface area (TPSA) is 55.1 Å². The first kappa shape index (κ1) is 13.7. The number of rotatable bonds is 4. The van der Waals surface area contributed by atoms with Gasteiger partial charge in [0.15, 0.2) is 0 Å². The van der Waals surface area contributed by atoms with Crippen LogP contribution >= 0.6 is 0 Å². The molecule has 0 heterocycles. The molecule has 0 saturated heterocycles. The van der Waals surface area contributed by atoms with Crippen molar-refractivity contribution in [2.45, 2.75) is 33.7 Å². The van der Waals surface area contributed by atoms with Gasteiger partial charge in [-0.25, -0.2) is 0 Å². The molecule has 3 N–H and O–H groups in total. The maximum absolute atomic E-state index is 12.0. The monoisotopic (exact) mass is 234 g/mol. The molecule has 1 amide bonds. The first-order chi connectivity index (χ1) is 7.86. The molecular formula is C14H22N2O. The van der Waals surface area contributed by atoms with Crippen molar-refractivity contribution < 1.29 is 4.79 Å². The number of nitrogens with two attached hydrogens (primary N) is 1. The Hall–Kier alpha value is -1.35. The molecule has 17 heavy (non-hydrogen) atoms. The van der Waals surface area contributed by atoms with Crippen LogP contribution in [0.1, 0.15) is 37.9 Å². The summed E-state index contributed by atoms with van der Waals surface area (Å²) in [6, 6.07) is 8.16. The second kappa shape index (κ2) is 5.32. The van der Waals surface area contributed by atoms with Crippen molar-refractivity contribution in [3.8, 4) is 0 Å². The number of benzene rings is 1. The molecule has 1 atom stereocenters. The minimum atomic E-state index is -0.516. The molecule has 94 valence electrons. The molecule has 0 fully saturated rings. The summed E-state index contributed by atoms with van der Waals surface area (Å²) in [7, 11) is 0. The SMILES string of the molecule is Cc1cccc([C@H](C)NC(=O)C(C)(C)CN)c1. The summed E-state index contributed by atoms with van der Waals surface area (Å²) >= 11 is 0. The van der Waals surface area contributed by atoms with Crippen LogP contribution in [0.25, 0.3) is 0 Å². The Morgan fingerprint density at radius 2 is 2.12 bits per heavy atom. The predicted molar refractivity (Wildman–Crippen MR) is 70.6 cm³/mol. The van der Waals surface area contributed by atoms with Crippen molar-refractivity contribution in [3.05, 3.63) is 35.4 Å². The standard InChI is InChI=1S/C14H22N2O/c1-10-6-5-7-12(8-10)11(2)16-13(17)14(3,4)9-15/h5-8,11H,9,15H2,1-4H3,(H,16,17)/t11-/m0/s1. The van der Waals surface area contributed by atoms with E-state index in [-0.39, 0.29) is 11.9 Å². The van der Waals surface area contributed by atoms with Crippen LogP contribution in [0.3, 0.4) is 0 Å². The number of hydrogen-bond acceptors (Lipinski definition) is 2. The van der Waals surface area contributed by atoms with E-state index in [2.05, 4.69) is 11.4 Å². The fourth-order valence-electron chi connectivity index (χ4n) is 1.51. The summed E-state index contributed by atoms with van der Waals surface area (Å²) in [6.45, 7) is 8.08. The fourth-order valence-corrected chi connectivity index (χ4v) is 1.51. The predicted octanol–water partition coefficient (Wildman–Crippen LogP) is 2.16. The van der Waals surface area contributed by atoms with Gasteiger partial charge in [-0.2, -0.15) is 0 Å². The van der Waals surface area contributed by atoms with E-state index >= 15 is 0 Å². The van der Waals surface area contributed by atoms with Crippen LogP contribution in [0, 0.1) is 12.3 Å². The first-order valence-electron chi connectivity index (χ1n) is 5.94. The Labute approximate surface area is 103 Å². The molecule has 0 aliphatic carbocycles. The van der Waals surface area contributed by atoms with E-state index in [4.69, 9.17) is 5.73 Å². The van der Waals surface area contributed by atoms with E-state index in [9.17, 15) is 4.79 Å². The Morgan fingerprint density at radius 1 is 1.47 bits per heavy atom. The van der Waals surface area contributed by atoms with Crippen LogP contribution in [0.4, 0.5) is 0 Å². The number of aryl methyl sites for hydroxylation is 1. The highest BCUT2D eigenvalue weighted by atomic mass is 16.2. The van der Waals surface area contributed by atoms with Crippen LogP contribution in [0.15, 0.2) is 24.3 Å². The van der Waals surface area contributed by atoms with Crippen LogP contribution in [-0.4, -0.2) is 12.5 Å². The van der Waals surface area contributed by atoms with Gasteiger partial charge < -0.3 is 11.1 Å². The minimum Gasteiger partial charge on any atom is -0.349 e. The molecular weight excluding hydrogens is 212 g/mol. The summed E-state index contributed by atoms with van der Waals surface area (Å²) in [5.41, 5.74) is 7.38. The van der Waals surface area contributed by atoms with Gasteiger partial charge in [-0.05, 0) is 33.3 Å². The summed E-state index contributed by atoms with van der Waals surface area (Å²) in [4.78, 5) is 12.0. The lowest BCUT2D eigenvalue weighted by atomic mass is 9.92. The number of amides is 1. The van der Waals surface area contributed by atoms with Crippen molar-refractivity contribution in [2.75, 3.05) is 6.54 Å². The third-order valence-corrected chi connectivity index (χ3v) is 3.01. The van der Waals surface area contributed by atoms with E-state index in [1.165, 1.54) is 5.56 Å². The second-order valence-electron chi connectivity index (χ2n) is 5.20. The lowest BCUT2D eigenvalue weighted by Gasteiger charge is -2.24. The van der Waals surface area contributed by atoms with Crippen molar-refractivity contribution >= 4 is 5.91 Å². The van der Waals surface area contributed by atoms with Crippen molar-refractivity contribution in [1.82, 2.24) is 5.32 Å². The van der Waals surface area contributed by atoms with Crippen molar-refractivity contribution in [2.24, 2.45) is 11.1 Å². The summed E-state index contributed by atoms with van der Waals surface area (Å²) < 4.78 is 0. The molecule has 0 unspecified atom stereocenters. The van der Waals surface area contributed by atoms with Gasteiger partial charge in [-0.15, -0.1) is 0 Å². The number of carbonyl (C=O) groups excluding carboxylic acids is 1. The van der Waals surface area contributed by atoms with Crippen LogP contribution in [0.5, 0.6) is 0 Å². The Bertz CT molecular complexity index is 399. The average molecular weight is 234 g/mol. The van der Waals surface area contributed by atoms with Gasteiger partial charge >= 0.3 is 0 Å². The van der Waals surface area contributed by atoms with E-state index in [0.717, 1.165) is 5.56 Å². The van der Waals surface area contributed by atoms with Gasteiger partial charge in [0.2, 0.25) is 5.91 Å². The Kier molecular flexibility index (Phi) is 4.29. The van der Waals surface area contributed by atoms with E-state index in [0.29, 0.717) is 6.54 Å². The molecule has 3 heteroatoms. The van der Waals surface area contributed by atoms with E-state index in [1.807, 2.05) is 45.9 Å². The average Bonchev–Trinajstić information content (AvgIpc) is 2.28. The summed E-state index contributed by atoms with van der Waals surface area (Å²) in [6.07, 6.45) is 0. The van der Waals surface area contributed by atoms with Gasteiger partial charge in [0.05, 0.1) is 11.5 Å². The van der Waals surface area contributed by atoms with Gasteiger partial charge in [0.25, 0.3) is 0 Å². The molecule has 0 aromatic heterocycles. The number of nitrogens with one attached hydrogen (secondary N) is 1. The lowest BCUT2D eigenvalue weighted by molar-refractivity contribution is -0.129. The largest absolute Gasteiger partial charge is 0.349 e. The van der Waals surface area contributed by atoms with Crippen LogP contribution < -0.4 is 11.1 Å². The highest BCUT2D eigenvalue weighted by molar-refractivity contribution is 5.82. The van der Waals surface area contributed by atoms with Crippen molar-refractivity contribution in [3.63, 3.8) is 0 Å². The molecule has 1 rings (SSSR count). The van der Waals surface area contributed by atoms with Crippen LogP contribution in [0.2, 0.25) is 0 Å². The zero-order chi connectivity index (χ0) is 13.1. The zero-order valence-corrected chi connectivity index (χ0v) is 11.1. The number of hydrogen-bond donors (Lipinski definition) is 2. The second-order valence-corrected chi connectivity index (χ2v) is 5.20. The van der Waals surface area contributed by atoms with Crippen molar-refractivity contribution in [1.29, 1.82) is 0 Å². The fraction of sp³-hybridized carbons (Fsp3) is 0.500. The molecule has 0 saturated carbocycles. The lowest BCUT2D eigenvalue weighted by Crippen LogP contribution is -2.42. The Morgan fingerprint density at radius 3 is 2.65 bits per heavy atom. The highest BCUT2D eigenvalue weighted by Crippen LogP contribution is 2.18. The third-order valence-electron chi connectivity index (χ3n) is 3.01. The summed E-state index contributed by atoms with van der Waals surface area (Å²) in [5.74, 6) is -0.00555. The van der Waals surface area contributed by atoms with Gasteiger partial charge in [-0.3, -0.25) is 4.79 Å². The van der Waals surface area contributed by atoms with Gasteiger partial charge in [0, 0.05) is 6.54 Å². The zero-order valence-electron chi connectivity index (χ0n) is 11.1. The van der Waals surface area contributed by atoms with Crippen LogP contribution in [-0.2, 0) is 4.79 Å². The molecule has 0 radical (unpaired) electrons. The maximum Gasteiger partial charge on any atom is 0.227 e. The summed E-state index contributed by atoms with van der Waals surface area (Å²) in [5, 5.41) is 3.00.